The zero-order chi connectivity index (χ0) is 26.7. The predicted octanol–water partition coefficient (Wildman–Crippen LogP) is 7.84. The summed E-state index contributed by atoms with van der Waals surface area (Å²) in [4.78, 5) is 21.6. The van der Waals surface area contributed by atoms with Crippen LogP contribution in [-0.2, 0) is 11.3 Å². The van der Waals surface area contributed by atoms with Gasteiger partial charge < -0.3 is 14.5 Å². The van der Waals surface area contributed by atoms with Crippen molar-refractivity contribution >= 4 is 27.7 Å². The summed E-state index contributed by atoms with van der Waals surface area (Å²) in [6.07, 6.45) is 3.48. The second-order valence-corrected chi connectivity index (χ2v) is 12.0. The van der Waals surface area contributed by atoms with Crippen LogP contribution in [0.3, 0.4) is 0 Å². The molecule has 0 aliphatic carbocycles. The molecule has 1 aromatic heterocycles. The summed E-state index contributed by atoms with van der Waals surface area (Å²) in [6, 6.07) is 17.6. The van der Waals surface area contributed by atoms with E-state index in [9.17, 15) is 4.79 Å². The summed E-state index contributed by atoms with van der Waals surface area (Å²) in [7, 11) is 0. The van der Waals surface area contributed by atoms with E-state index < -0.39 is 5.60 Å². The summed E-state index contributed by atoms with van der Waals surface area (Å²) in [5.74, 6) is 0. The van der Waals surface area contributed by atoms with Gasteiger partial charge in [-0.25, -0.2) is 4.79 Å². The Labute approximate surface area is 230 Å². The van der Waals surface area contributed by atoms with Crippen molar-refractivity contribution in [3.63, 3.8) is 0 Å². The van der Waals surface area contributed by atoms with Crippen molar-refractivity contribution in [2.24, 2.45) is 0 Å². The van der Waals surface area contributed by atoms with Crippen molar-refractivity contribution in [2.45, 2.75) is 72.6 Å². The fourth-order valence-electron chi connectivity index (χ4n) is 4.86. The number of anilines is 1. The fourth-order valence-corrected chi connectivity index (χ4v) is 5.13. The molecule has 37 heavy (non-hydrogen) atoms. The van der Waals surface area contributed by atoms with Gasteiger partial charge in [0.15, 0.2) is 0 Å². The van der Waals surface area contributed by atoms with Crippen molar-refractivity contribution in [3.8, 4) is 11.3 Å². The van der Waals surface area contributed by atoms with Crippen LogP contribution in [0.2, 0.25) is 0 Å². The first-order chi connectivity index (χ1) is 17.5. The molecule has 1 fully saturated rings. The van der Waals surface area contributed by atoms with Crippen molar-refractivity contribution in [3.05, 3.63) is 81.5 Å². The van der Waals surface area contributed by atoms with Gasteiger partial charge in [0.2, 0.25) is 0 Å². The lowest BCUT2D eigenvalue weighted by Crippen LogP contribution is -2.48. The molecule has 0 spiro atoms. The van der Waals surface area contributed by atoms with Crippen LogP contribution < -0.4 is 4.90 Å². The number of aromatic nitrogens is 1. The highest BCUT2D eigenvalue weighted by Gasteiger charge is 2.30. The van der Waals surface area contributed by atoms with E-state index in [1.54, 1.807) is 0 Å². The Kier molecular flexibility index (Phi) is 8.27. The van der Waals surface area contributed by atoms with Crippen LogP contribution in [0.25, 0.3) is 11.3 Å². The SMILES string of the molecule is Cc1cc(-c2cc(CN(c3ccc(Br)cc3)C3CCN(C(=O)OC(C)(C)C)CC3)ccn2)cc(C)c1C. The standard InChI is InChI=1S/C31H38BrN3O2/c1-21-17-25(18-22(2)23(21)3)29-19-24(11-14-33-29)20-35(27-9-7-26(32)8-10-27)28-12-15-34(16-13-28)30(36)37-31(4,5)6/h7-11,14,17-19,28H,12-13,15-16,20H2,1-6H3. The van der Waals surface area contributed by atoms with Gasteiger partial charge in [-0.3, -0.25) is 4.98 Å². The molecule has 0 atom stereocenters. The number of aryl methyl sites for hydroxylation is 2. The maximum absolute atomic E-state index is 12.6. The number of pyridine rings is 1. The van der Waals surface area contributed by atoms with Gasteiger partial charge in [0, 0.05) is 47.6 Å². The number of rotatable bonds is 5. The fraction of sp³-hybridized carbons (Fsp3) is 0.419. The summed E-state index contributed by atoms with van der Waals surface area (Å²) in [6.45, 7) is 14.4. The number of hydrogen-bond acceptors (Lipinski definition) is 4. The van der Waals surface area contributed by atoms with E-state index in [1.165, 1.54) is 27.9 Å². The molecule has 6 heteroatoms. The molecule has 0 N–H and O–H groups in total. The van der Waals surface area contributed by atoms with E-state index in [1.807, 2.05) is 31.9 Å². The maximum atomic E-state index is 12.6. The van der Waals surface area contributed by atoms with Crippen LogP contribution in [0.15, 0.2) is 59.2 Å². The molecule has 3 aromatic rings. The number of likely N-dealkylation sites (tertiary alicyclic amines) is 1. The summed E-state index contributed by atoms with van der Waals surface area (Å²) in [5, 5.41) is 0. The van der Waals surface area contributed by atoms with Gasteiger partial charge in [0.05, 0.1) is 5.69 Å². The average Bonchev–Trinajstić information content (AvgIpc) is 2.85. The molecule has 1 aliphatic rings. The number of benzene rings is 2. The predicted molar refractivity (Wildman–Crippen MR) is 155 cm³/mol. The lowest BCUT2D eigenvalue weighted by Gasteiger charge is -2.40. The minimum absolute atomic E-state index is 0.219. The number of carbonyl (C=O) groups is 1. The Morgan fingerprint density at radius 2 is 1.65 bits per heavy atom. The van der Waals surface area contributed by atoms with Crippen molar-refractivity contribution in [1.82, 2.24) is 9.88 Å². The highest BCUT2D eigenvalue weighted by atomic mass is 79.9. The number of halogens is 1. The Balaban J connectivity index is 1.56. The van der Waals surface area contributed by atoms with E-state index in [2.05, 4.69) is 90.1 Å². The molecule has 1 saturated heterocycles. The largest absolute Gasteiger partial charge is 0.444 e. The Hall–Kier alpha value is -2.86. The zero-order valence-electron chi connectivity index (χ0n) is 22.8. The van der Waals surface area contributed by atoms with Crippen molar-refractivity contribution in [2.75, 3.05) is 18.0 Å². The van der Waals surface area contributed by atoms with Gasteiger partial charge in [-0.05, 0) is 125 Å². The third-order valence-corrected chi connectivity index (χ3v) is 7.64. The molecule has 1 aliphatic heterocycles. The van der Waals surface area contributed by atoms with Gasteiger partial charge >= 0.3 is 6.09 Å². The van der Waals surface area contributed by atoms with E-state index in [4.69, 9.17) is 9.72 Å². The van der Waals surface area contributed by atoms with Crippen LogP contribution in [0.1, 0.15) is 55.9 Å². The van der Waals surface area contributed by atoms with Crippen LogP contribution in [0.5, 0.6) is 0 Å². The highest BCUT2D eigenvalue weighted by Crippen LogP contribution is 2.29. The average molecular weight is 565 g/mol. The second-order valence-electron chi connectivity index (χ2n) is 11.1. The number of amides is 1. The molecule has 0 saturated carbocycles. The Morgan fingerprint density at radius 1 is 1.03 bits per heavy atom. The first-order valence-electron chi connectivity index (χ1n) is 13.0. The number of piperidine rings is 1. The molecular weight excluding hydrogens is 526 g/mol. The van der Waals surface area contributed by atoms with Crippen molar-refractivity contribution < 1.29 is 9.53 Å². The Bertz CT molecular complexity index is 1220. The smallest absolute Gasteiger partial charge is 0.410 e. The Morgan fingerprint density at radius 3 is 2.24 bits per heavy atom. The molecule has 2 heterocycles. The van der Waals surface area contributed by atoms with Crippen LogP contribution in [0.4, 0.5) is 10.5 Å². The van der Waals surface area contributed by atoms with Gasteiger partial charge in [-0.2, -0.15) is 0 Å². The first-order valence-corrected chi connectivity index (χ1v) is 13.8. The van der Waals surface area contributed by atoms with Crippen LogP contribution in [-0.4, -0.2) is 40.7 Å². The van der Waals surface area contributed by atoms with E-state index in [0.717, 1.165) is 35.1 Å². The zero-order valence-corrected chi connectivity index (χ0v) is 24.4. The first kappa shape index (κ1) is 27.2. The van der Waals surface area contributed by atoms with Gasteiger partial charge in [-0.15, -0.1) is 0 Å². The molecule has 196 valence electrons. The summed E-state index contributed by atoms with van der Waals surface area (Å²) >= 11 is 3.57. The molecule has 4 rings (SSSR count). The monoisotopic (exact) mass is 563 g/mol. The lowest BCUT2D eigenvalue weighted by molar-refractivity contribution is 0.0204. The van der Waals surface area contributed by atoms with Crippen LogP contribution in [0, 0.1) is 20.8 Å². The normalized spacial score (nSPS) is 14.5. The minimum atomic E-state index is -0.481. The van der Waals surface area contributed by atoms with Gasteiger partial charge in [0.25, 0.3) is 0 Å². The summed E-state index contributed by atoms with van der Waals surface area (Å²) < 4.78 is 6.67. The number of hydrogen-bond donors (Lipinski definition) is 0. The maximum Gasteiger partial charge on any atom is 0.410 e. The quantitative estimate of drug-likeness (QED) is 0.317. The minimum Gasteiger partial charge on any atom is -0.444 e. The van der Waals surface area contributed by atoms with Crippen molar-refractivity contribution in [1.29, 1.82) is 0 Å². The van der Waals surface area contributed by atoms with E-state index >= 15 is 0 Å². The highest BCUT2D eigenvalue weighted by molar-refractivity contribution is 9.10. The second kappa shape index (κ2) is 11.3. The van der Waals surface area contributed by atoms with E-state index in [0.29, 0.717) is 19.1 Å². The molecule has 5 nitrogen and oxygen atoms in total. The van der Waals surface area contributed by atoms with Crippen LogP contribution >= 0.6 is 15.9 Å². The molecule has 0 bridgehead atoms. The topological polar surface area (TPSA) is 45.7 Å². The lowest BCUT2D eigenvalue weighted by atomic mass is 9.98. The third kappa shape index (κ3) is 6.92. The summed E-state index contributed by atoms with van der Waals surface area (Å²) in [5.41, 5.74) is 7.98. The molecule has 2 aromatic carbocycles. The molecule has 1 amide bonds. The number of carbonyl (C=O) groups excluding carboxylic acids is 1. The molecular formula is C31H38BrN3O2. The third-order valence-electron chi connectivity index (χ3n) is 7.12. The number of nitrogens with zero attached hydrogens (tertiary/aromatic N) is 3. The number of ether oxygens (including phenoxy) is 1. The van der Waals surface area contributed by atoms with Gasteiger partial charge in [0.1, 0.15) is 5.60 Å². The van der Waals surface area contributed by atoms with Gasteiger partial charge in [-0.1, -0.05) is 15.9 Å². The molecule has 0 unspecified atom stereocenters. The molecule has 0 radical (unpaired) electrons. The van der Waals surface area contributed by atoms with E-state index in [-0.39, 0.29) is 6.09 Å².